The molecular weight excluding hydrogens is 274 g/mol. The molecule has 2 aromatic rings. The van der Waals surface area contributed by atoms with Crippen LogP contribution >= 0.6 is 11.5 Å². The fraction of sp³-hybridized carbons (Fsp3) is 0.615. The van der Waals surface area contributed by atoms with E-state index in [0.29, 0.717) is 0 Å². The fourth-order valence-electron chi connectivity index (χ4n) is 2.69. The topological polar surface area (TPSA) is 67.1 Å². The van der Waals surface area contributed by atoms with E-state index in [1.165, 1.54) is 11.5 Å². The molecule has 3 rings (SSSR count). The number of aryl methyl sites for hydroxylation is 2. The minimum Gasteiger partial charge on any atom is -0.385 e. The van der Waals surface area contributed by atoms with E-state index in [0.717, 1.165) is 42.7 Å². The minimum atomic E-state index is -0.478. The molecule has 0 saturated carbocycles. The molecule has 1 saturated heterocycles. The van der Waals surface area contributed by atoms with Gasteiger partial charge in [0.1, 0.15) is 17.8 Å². The summed E-state index contributed by atoms with van der Waals surface area (Å²) in [6, 6.07) is 0. The number of aromatic nitrogens is 4. The van der Waals surface area contributed by atoms with Crippen molar-refractivity contribution in [3.05, 3.63) is 24.0 Å². The molecule has 0 aromatic carbocycles. The van der Waals surface area contributed by atoms with Gasteiger partial charge in [0, 0.05) is 44.1 Å². The SMILES string of the molecule is Cc1nsc(N2CCC(C(O)c3nccn3C)CC2)n1. The van der Waals surface area contributed by atoms with E-state index < -0.39 is 6.10 Å². The Morgan fingerprint density at radius 2 is 2.15 bits per heavy atom. The van der Waals surface area contributed by atoms with Crippen LogP contribution in [0.25, 0.3) is 0 Å². The number of hydrogen-bond acceptors (Lipinski definition) is 6. The van der Waals surface area contributed by atoms with Crippen molar-refractivity contribution in [1.82, 2.24) is 18.9 Å². The molecule has 1 aliphatic rings. The second kappa shape index (κ2) is 5.49. The number of piperidine rings is 1. The molecule has 6 nitrogen and oxygen atoms in total. The van der Waals surface area contributed by atoms with Crippen molar-refractivity contribution in [3.63, 3.8) is 0 Å². The van der Waals surface area contributed by atoms with Gasteiger partial charge in [0.2, 0.25) is 5.13 Å². The van der Waals surface area contributed by atoms with E-state index in [2.05, 4.69) is 19.2 Å². The largest absolute Gasteiger partial charge is 0.385 e. The molecule has 0 aliphatic carbocycles. The van der Waals surface area contributed by atoms with Crippen LogP contribution in [0.1, 0.15) is 30.6 Å². The number of rotatable bonds is 3. The van der Waals surface area contributed by atoms with Crippen LogP contribution in [0.2, 0.25) is 0 Å². The van der Waals surface area contributed by atoms with Crippen molar-refractivity contribution in [2.75, 3.05) is 18.0 Å². The standard InChI is InChI=1S/C13H19N5OS/c1-9-15-13(20-16-9)18-6-3-10(4-7-18)11(19)12-14-5-8-17(12)2/h5,8,10-11,19H,3-4,6-7H2,1-2H3. The molecule has 1 N–H and O–H groups in total. The Labute approximate surface area is 122 Å². The number of imidazole rings is 1. The molecule has 1 fully saturated rings. The van der Waals surface area contributed by atoms with Gasteiger partial charge in [-0.15, -0.1) is 0 Å². The number of anilines is 1. The lowest BCUT2D eigenvalue weighted by Crippen LogP contribution is -2.36. The number of nitrogens with zero attached hydrogens (tertiary/aromatic N) is 5. The Morgan fingerprint density at radius 3 is 2.70 bits per heavy atom. The lowest BCUT2D eigenvalue weighted by Gasteiger charge is -2.33. The Kier molecular flexibility index (Phi) is 3.71. The maximum atomic E-state index is 10.4. The summed E-state index contributed by atoms with van der Waals surface area (Å²) in [4.78, 5) is 10.9. The van der Waals surface area contributed by atoms with Gasteiger partial charge in [-0.2, -0.15) is 4.37 Å². The van der Waals surface area contributed by atoms with Crippen LogP contribution in [0.4, 0.5) is 5.13 Å². The van der Waals surface area contributed by atoms with Gasteiger partial charge in [-0.05, 0) is 25.7 Å². The highest BCUT2D eigenvalue weighted by Crippen LogP contribution is 2.31. The maximum absolute atomic E-state index is 10.4. The van der Waals surface area contributed by atoms with Gasteiger partial charge in [-0.3, -0.25) is 0 Å². The molecule has 0 amide bonds. The molecule has 2 aromatic heterocycles. The summed E-state index contributed by atoms with van der Waals surface area (Å²) in [5.74, 6) is 1.86. The lowest BCUT2D eigenvalue weighted by molar-refractivity contribution is 0.0825. The van der Waals surface area contributed by atoms with E-state index in [1.807, 2.05) is 24.7 Å². The van der Waals surface area contributed by atoms with Gasteiger partial charge in [0.15, 0.2) is 0 Å². The van der Waals surface area contributed by atoms with E-state index in [1.54, 1.807) is 6.20 Å². The van der Waals surface area contributed by atoms with Crippen molar-refractivity contribution in [2.45, 2.75) is 25.9 Å². The zero-order valence-corrected chi connectivity index (χ0v) is 12.5. The minimum absolute atomic E-state index is 0.265. The van der Waals surface area contributed by atoms with Crippen LogP contribution < -0.4 is 4.90 Å². The second-order valence-corrected chi connectivity index (χ2v) is 6.02. The van der Waals surface area contributed by atoms with Crippen LogP contribution in [-0.4, -0.2) is 37.1 Å². The van der Waals surface area contributed by atoms with Gasteiger partial charge in [-0.1, -0.05) is 0 Å². The summed E-state index contributed by atoms with van der Waals surface area (Å²) in [5, 5.41) is 11.4. The van der Waals surface area contributed by atoms with Gasteiger partial charge >= 0.3 is 0 Å². The molecule has 1 atom stereocenters. The Morgan fingerprint density at radius 1 is 1.40 bits per heavy atom. The van der Waals surface area contributed by atoms with Gasteiger partial charge in [0.05, 0.1) is 0 Å². The third kappa shape index (κ3) is 2.55. The first-order valence-electron chi connectivity index (χ1n) is 6.85. The molecule has 0 radical (unpaired) electrons. The quantitative estimate of drug-likeness (QED) is 0.929. The van der Waals surface area contributed by atoms with E-state index in [4.69, 9.17) is 0 Å². The van der Waals surface area contributed by atoms with Crippen molar-refractivity contribution in [1.29, 1.82) is 0 Å². The highest BCUT2D eigenvalue weighted by molar-refractivity contribution is 7.09. The fourth-order valence-corrected chi connectivity index (χ4v) is 3.42. The lowest BCUT2D eigenvalue weighted by atomic mass is 9.91. The predicted octanol–water partition coefficient (Wildman–Crippen LogP) is 1.53. The molecule has 1 unspecified atom stereocenters. The van der Waals surface area contributed by atoms with Crippen LogP contribution in [0.5, 0.6) is 0 Å². The summed E-state index contributed by atoms with van der Waals surface area (Å²) in [6.07, 6.45) is 5.03. The summed E-state index contributed by atoms with van der Waals surface area (Å²) in [7, 11) is 1.92. The molecule has 20 heavy (non-hydrogen) atoms. The average Bonchev–Trinajstić information content (AvgIpc) is 3.07. The van der Waals surface area contributed by atoms with Crippen molar-refractivity contribution < 1.29 is 5.11 Å². The predicted molar refractivity (Wildman–Crippen MR) is 77.8 cm³/mol. The monoisotopic (exact) mass is 293 g/mol. The van der Waals surface area contributed by atoms with Crippen molar-refractivity contribution in [3.8, 4) is 0 Å². The van der Waals surface area contributed by atoms with Gasteiger partial charge in [-0.25, -0.2) is 9.97 Å². The Bertz CT molecular complexity index is 573. The molecule has 108 valence electrons. The molecule has 3 heterocycles. The van der Waals surface area contributed by atoms with Crippen LogP contribution in [0, 0.1) is 12.8 Å². The molecular formula is C13H19N5OS. The molecule has 0 bridgehead atoms. The van der Waals surface area contributed by atoms with Crippen LogP contribution in [0.15, 0.2) is 12.4 Å². The van der Waals surface area contributed by atoms with E-state index in [9.17, 15) is 5.11 Å². The van der Waals surface area contributed by atoms with E-state index >= 15 is 0 Å². The highest BCUT2D eigenvalue weighted by atomic mass is 32.1. The summed E-state index contributed by atoms with van der Waals surface area (Å²) < 4.78 is 6.12. The maximum Gasteiger partial charge on any atom is 0.205 e. The average molecular weight is 293 g/mol. The van der Waals surface area contributed by atoms with E-state index in [-0.39, 0.29) is 5.92 Å². The third-order valence-electron chi connectivity index (χ3n) is 3.90. The second-order valence-electron chi connectivity index (χ2n) is 5.29. The number of aliphatic hydroxyl groups excluding tert-OH is 1. The first kappa shape index (κ1) is 13.5. The zero-order chi connectivity index (χ0) is 14.1. The number of aliphatic hydroxyl groups is 1. The Hall–Kier alpha value is -1.47. The molecule has 7 heteroatoms. The molecule has 0 spiro atoms. The van der Waals surface area contributed by atoms with Crippen LogP contribution in [0.3, 0.4) is 0 Å². The van der Waals surface area contributed by atoms with Crippen molar-refractivity contribution in [2.24, 2.45) is 13.0 Å². The summed E-state index contributed by atoms with van der Waals surface area (Å²) in [5.41, 5.74) is 0. The normalized spacial score (nSPS) is 18.4. The highest BCUT2D eigenvalue weighted by Gasteiger charge is 2.29. The first-order valence-corrected chi connectivity index (χ1v) is 7.63. The smallest absolute Gasteiger partial charge is 0.205 e. The summed E-state index contributed by atoms with van der Waals surface area (Å²) in [6.45, 7) is 3.75. The van der Waals surface area contributed by atoms with Crippen LogP contribution in [-0.2, 0) is 7.05 Å². The van der Waals surface area contributed by atoms with Gasteiger partial charge < -0.3 is 14.6 Å². The van der Waals surface area contributed by atoms with Crippen molar-refractivity contribution >= 4 is 16.7 Å². The summed E-state index contributed by atoms with van der Waals surface area (Å²) >= 11 is 1.45. The zero-order valence-electron chi connectivity index (χ0n) is 11.7. The Balaban J connectivity index is 1.62. The third-order valence-corrected chi connectivity index (χ3v) is 4.76. The molecule has 1 aliphatic heterocycles. The first-order chi connectivity index (χ1) is 9.65. The van der Waals surface area contributed by atoms with Gasteiger partial charge in [0.25, 0.3) is 0 Å². The number of hydrogen-bond donors (Lipinski definition) is 1.